The fraction of sp³-hybridized carbons (Fsp3) is 0.824. The van der Waals surface area contributed by atoms with E-state index in [0.717, 1.165) is 19.3 Å². The van der Waals surface area contributed by atoms with E-state index in [-0.39, 0.29) is 18.2 Å². The van der Waals surface area contributed by atoms with Crippen molar-refractivity contribution in [3.63, 3.8) is 0 Å². The molecule has 24 heavy (non-hydrogen) atoms. The summed E-state index contributed by atoms with van der Waals surface area (Å²) in [6, 6.07) is 0.0281. The topological polar surface area (TPSA) is 87.7 Å². The van der Waals surface area contributed by atoms with Crippen LogP contribution < -0.4 is 10.6 Å². The van der Waals surface area contributed by atoms with E-state index in [2.05, 4.69) is 17.6 Å². The molecule has 0 aromatic heterocycles. The van der Waals surface area contributed by atoms with Crippen LogP contribution in [0.15, 0.2) is 0 Å². The summed E-state index contributed by atoms with van der Waals surface area (Å²) in [4.78, 5) is 37.4. The summed E-state index contributed by atoms with van der Waals surface area (Å²) in [5.74, 6) is -0.688. The molecule has 7 nitrogen and oxygen atoms in total. The molecule has 2 unspecified atom stereocenters. The maximum Gasteiger partial charge on any atom is 0.409 e. The van der Waals surface area contributed by atoms with Gasteiger partial charge >= 0.3 is 17.9 Å². The Balaban J connectivity index is 1.72. The third-order valence-electron chi connectivity index (χ3n) is 4.99. The van der Waals surface area contributed by atoms with Gasteiger partial charge in [0, 0.05) is 25.2 Å². The van der Waals surface area contributed by atoms with Crippen LogP contribution in [0.25, 0.3) is 0 Å². The van der Waals surface area contributed by atoms with Crippen molar-refractivity contribution < 1.29 is 19.1 Å². The minimum absolute atomic E-state index is 0.0716. The van der Waals surface area contributed by atoms with Gasteiger partial charge < -0.3 is 20.3 Å². The van der Waals surface area contributed by atoms with Gasteiger partial charge in [-0.25, -0.2) is 4.79 Å². The first-order valence-corrected chi connectivity index (χ1v) is 9.04. The van der Waals surface area contributed by atoms with Gasteiger partial charge in [0.25, 0.3) is 0 Å². The average molecular weight is 339 g/mol. The molecular weight excluding hydrogens is 310 g/mol. The molecule has 2 fully saturated rings. The molecule has 7 heteroatoms. The van der Waals surface area contributed by atoms with Crippen LogP contribution in [0, 0.1) is 5.92 Å². The molecule has 136 valence electrons. The van der Waals surface area contributed by atoms with Gasteiger partial charge in [-0.3, -0.25) is 9.59 Å². The summed E-state index contributed by atoms with van der Waals surface area (Å²) in [7, 11) is 0. The van der Waals surface area contributed by atoms with E-state index in [1.165, 1.54) is 6.42 Å². The highest BCUT2D eigenvalue weighted by Gasteiger charge is 2.28. The molecule has 1 saturated carbocycles. The normalized spacial score (nSPS) is 25.0. The van der Waals surface area contributed by atoms with Crippen molar-refractivity contribution in [3.05, 3.63) is 0 Å². The smallest absolute Gasteiger partial charge is 0.409 e. The molecule has 2 rings (SSSR count). The Kier molecular flexibility index (Phi) is 6.87. The molecular formula is C17H29N3O4. The number of likely N-dealkylation sites (tertiary alicyclic amines) is 1. The Bertz CT molecular complexity index is 461. The van der Waals surface area contributed by atoms with Crippen LogP contribution >= 0.6 is 0 Å². The Morgan fingerprint density at radius 2 is 1.62 bits per heavy atom. The third kappa shape index (κ3) is 5.11. The zero-order valence-corrected chi connectivity index (χ0v) is 14.7. The molecule has 0 aromatic rings. The molecule has 0 aromatic carbocycles. The highest BCUT2D eigenvalue weighted by molar-refractivity contribution is 6.35. The number of amides is 3. The standard InChI is InChI=1S/C17H29N3O4/c1-3-24-17(23)20-10-8-13(9-11-20)18-15(21)16(22)19-14-7-5-4-6-12(14)2/h12-14H,3-11H2,1-2H3,(H,18,21)(H,19,22). The van der Waals surface area contributed by atoms with Crippen LogP contribution in [0.5, 0.6) is 0 Å². The second-order valence-corrected chi connectivity index (χ2v) is 6.78. The van der Waals surface area contributed by atoms with Crippen LogP contribution in [0.4, 0.5) is 4.79 Å². The van der Waals surface area contributed by atoms with Crippen molar-refractivity contribution in [2.75, 3.05) is 19.7 Å². The van der Waals surface area contributed by atoms with Crippen molar-refractivity contribution in [3.8, 4) is 0 Å². The Morgan fingerprint density at radius 3 is 2.25 bits per heavy atom. The quantitative estimate of drug-likeness (QED) is 0.761. The van der Waals surface area contributed by atoms with Crippen molar-refractivity contribution >= 4 is 17.9 Å². The largest absolute Gasteiger partial charge is 0.450 e. The lowest BCUT2D eigenvalue weighted by atomic mass is 9.86. The molecule has 0 spiro atoms. The van der Waals surface area contributed by atoms with Crippen LogP contribution in [0.1, 0.15) is 52.4 Å². The molecule has 1 heterocycles. The molecule has 2 N–H and O–H groups in total. The van der Waals surface area contributed by atoms with Gasteiger partial charge in [-0.1, -0.05) is 19.8 Å². The lowest BCUT2D eigenvalue weighted by molar-refractivity contribution is -0.140. The lowest BCUT2D eigenvalue weighted by Gasteiger charge is -2.32. The summed E-state index contributed by atoms with van der Waals surface area (Å²) in [5, 5.41) is 5.65. The van der Waals surface area contributed by atoms with Crippen molar-refractivity contribution in [2.45, 2.75) is 64.5 Å². The average Bonchev–Trinajstić information content (AvgIpc) is 2.57. The maximum atomic E-state index is 12.1. The summed E-state index contributed by atoms with van der Waals surface area (Å²) >= 11 is 0. The Labute approximate surface area is 143 Å². The van der Waals surface area contributed by atoms with Gasteiger partial charge in [0.2, 0.25) is 0 Å². The molecule has 2 atom stereocenters. The first-order valence-electron chi connectivity index (χ1n) is 9.04. The molecule has 0 radical (unpaired) electrons. The van der Waals surface area contributed by atoms with Gasteiger partial charge in [0.05, 0.1) is 6.61 Å². The lowest BCUT2D eigenvalue weighted by Crippen LogP contribution is -2.52. The number of ether oxygens (including phenoxy) is 1. The zero-order valence-electron chi connectivity index (χ0n) is 14.7. The molecule has 2 aliphatic rings. The van der Waals surface area contributed by atoms with Gasteiger partial charge in [-0.05, 0) is 38.5 Å². The Morgan fingerprint density at radius 1 is 1.00 bits per heavy atom. The molecule has 3 amide bonds. The first-order chi connectivity index (χ1) is 11.5. The van der Waals surface area contributed by atoms with Crippen LogP contribution in [0.2, 0.25) is 0 Å². The van der Waals surface area contributed by atoms with Crippen molar-refractivity contribution in [1.82, 2.24) is 15.5 Å². The number of carbonyl (C=O) groups excluding carboxylic acids is 3. The number of hydrogen-bond acceptors (Lipinski definition) is 4. The second kappa shape index (κ2) is 8.89. The number of hydrogen-bond donors (Lipinski definition) is 2. The highest BCUT2D eigenvalue weighted by Crippen LogP contribution is 2.23. The van der Waals surface area contributed by atoms with Crippen LogP contribution in [-0.4, -0.2) is 54.6 Å². The summed E-state index contributed by atoms with van der Waals surface area (Å²) in [5.41, 5.74) is 0. The molecule has 0 bridgehead atoms. The van der Waals surface area contributed by atoms with Crippen molar-refractivity contribution in [2.24, 2.45) is 5.92 Å². The number of rotatable bonds is 3. The monoisotopic (exact) mass is 339 g/mol. The van der Waals surface area contributed by atoms with Crippen molar-refractivity contribution in [1.29, 1.82) is 0 Å². The van der Waals surface area contributed by atoms with E-state index in [4.69, 9.17) is 4.74 Å². The number of carbonyl (C=O) groups is 3. The predicted molar refractivity (Wildman–Crippen MR) is 89.3 cm³/mol. The van der Waals surface area contributed by atoms with Crippen LogP contribution in [-0.2, 0) is 14.3 Å². The minimum atomic E-state index is -0.567. The van der Waals surface area contributed by atoms with E-state index >= 15 is 0 Å². The molecule has 1 saturated heterocycles. The molecule has 1 aliphatic heterocycles. The van der Waals surface area contributed by atoms with Gasteiger partial charge in [0.15, 0.2) is 0 Å². The number of piperidine rings is 1. The summed E-state index contributed by atoms with van der Waals surface area (Å²) < 4.78 is 4.97. The van der Waals surface area contributed by atoms with E-state index in [1.54, 1.807) is 11.8 Å². The second-order valence-electron chi connectivity index (χ2n) is 6.78. The van der Waals surface area contributed by atoms with Gasteiger partial charge in [-0.2, -0.15) is 0 Å². The van der Waals surface area contributed by atoms with E-state index in [1.807, 2.05) is 0 Å². The summed E-state index contributed by atoms with van der Waals surface area (Å²) in [6.07, 6.45) is 5.29. The Hall–Kier alpha value is -1.79. The molecule has 1 aliphatic carbocycles. The third-order valence-corrected chi connectivity index (χ3v) is 4.99. The van der Waals surface area contributed by atoms with E-state index in [0.29, 0.717) is 38.5 Å². The van der Waals surface area contributed by atoms with E-state index in [9.17, 15) is 14.4 Å². The van der Waals surface area contributed by atoms with E-state index < -0.39 is 11.8 Å². The number of nitrogens with one attached hydrogen (secondary N) is 2. The van der Waals surface area contributed by atoms with Gasteiger partial charge in [0.1, 0.15) is 0 Å². The number of nitrogens with zero attached hydrogens (tertiary/aromatic N) is 1. The summed E-state index contributed by atoms with van der Waals surface area (Å²) in [6.45, 7) is 5.31. The fourth-order valence-corrected chi connectivity index (χ4v) is 3.44. The fourth-order valence-electron chi connectivity index (χ4n) is 3.44. The maximum absolute atomic E-state index is 12.1. The minimum Gasteiger partial charge on any atom is -0.450 e. The highest BCUT2D eigenvalue weighted by atomic mass is 16.6. The predicted octanol–water partition coefficient (Wildman–Crippen LogP) is 1.42. The first kappa shape index (κ1) is 18.5. The van der Waals surface area contributed by atoms with Crippen LogP contribution in [0.3, 0.4) is 0 Å². The zero-order chi connectivity index (χ0) is 17.5. The SMILES string of the molecule is CCOC(=O)N1CCC(NC(=O)C(=O)NC2CCCCC2C)CC1. The van der Waals surface area contributed by atoms with Gasteiger partial charge in [-0.15, -0.1) is 0 Å².